The molecule has 28 heavy (non-hydrogen) atoms. The van der Waals surface area contributed by atoms with Gasteiger partial charge in [-0.25, -0.2) is 0 Å². The Morgan fingerprint density at radius 2 is 2.11 bits per heavy atom. The lowest BCUT2D eigenvalue weighted by atomic mass is 9.62. The third-order valence-corrected chi connectivity index (χ3v) is 6.89. The molecule has 8 nitrogen and oxygen atoms in total. The highest BCUT2D eigenvalue weighted by Crippen LogP contribution is 2.65. The van der Waals surface area contributed by atoms with Gasteiger partial charge in [-0.15, -0.1) is 6.58 Å². The molecule has 3 unspecified atom stereocenters. The number of rotatable bonds is 7. The molecule has 0 radical (unpaired) electrons. The molecule has 3 rings (SSSR count). The molecular formula is C20H30N2O6. The zero-order chi connectivity index (χ0) is 21.0. The number of hydrogen-bond acceptors (Lipinski definition) is 5. The molecule has 2 N–H and O–H groups in total. The van der Waals surface area contributed by atoms with E-state index in [4.69, 9.17) is 4.74 Å². The topological polar surface area (TPSA) is 107 Å². The average Bonchev–Trinajstić information content (AvgIpc) is 3.10. The zero-order valence-electron chi connectivity index (χ0n) is 16.9. The maximum absolute atomic E-state index is 13.6. The van der Waals surface area contributed by atoms with Gasteiger partial charge in [0.05, 0.1) is 18.1 Å². The van der Waals surface area contributed by atoms with E-state index < -0.39 is 41.0 Å². The van der Waals surface area contributed by atoms with Crippen LogP contribution in [0.4, 0.5) is 0 Å². The van der Waals surface area contributed by atoms with Crippen LogP contribution in [0.1, 0.15) is 34.1 Å². The van der Waals surface area contributed by atoms with Crippen LogP contribution in [0.2, 0.25) is 0 Å². The Morgan fingerprint density at radius 1 is 1.46 bits per heavy atom. The summed E-state index contributed by atoms with van der Waals surface area (Å²) in [6, 6.07) is -1.08. The van der Waals surface area contributed by atoms with E-state index in [1.54, 1.807) is 17.9 Å². The van der Waals surface area contributed by atoms with Gasteiger partial charge in [-0.3, -0.25) is 14.4 Å². The molecule has 6 atom stereocenters. The lowest BCUT2D eigenvalue weighted by Crippen LogP contribution is -2.58. The molecule has 3 aliphatic rings. The van der Waals surface area contributed by atoms with Gasteiger partial charge < -0.3 is 24.7 Å². The van der Waals surface area contributed by atoms with Crippen LogP contribution in [0.5, 0.6) is 0 Å². The minimum atomic E-state index is -1.19. The molecule has 0 saturated carbocycles. The molecule has 156 valence electrons. The van der Waals surface area contributed by atoms with Crippen LogP contribution in [-0.4, -0.2) is 80.8 Å². The lowest BCUT2D eigenvalue weighted by Gasteiger charge is -2.38. The first kappa shape index (κ1) is 20.8. The monoisotopic (exact) mass is 394 g/mol. The fourth-order valence-corrected chi connectivity index (χ4v) is 5.59. The van der Waals surface area contributed by atoms with E-state index in [1.165, 1.54) is 4.90 Å². The largest absolute Gasteiger partial charge is 0.481 e. The standard InChI is InChI=1S/C20H30N2O6/c1-6-7-21(11(2)3)17(25)15-20-10-12(4)19(5,28-20)14(18(26)27)13(20)16(24)22(15)8-9-23/h6,11-15,23H,1,7-10H2,2-5H3,(H,26,27)/t12?,13-,14-,15?,19+,20?/m0/s1. The summed E-state index contributed by atoms with van der Waals surface area (Å²) in [5.41, 5.74) is -2.19. The van der Waals surface area contributed by atoms with Crippen molar-refractivity contribution in [3.8, 4) is 0 Å². The number of aliphatic hydroxyl groups excluding tert-OH is 1. The minimum absolute atomic E-state index is 0.0334. The molecule has 3 fully saturated rings. The van der Waals surface area contributed by atoms with Crippen molar-refractivity contribution in [1.82, 2.24) is 9.80 Å². The first-order chi connectivity index (χ1) is 13.1. The number of aliphatic carboxylic acids is 1. The highest BCUT2D eigenvalue weighted by atomic mass is 16.5. The minimum Gasteiger partial charge on any atom is -0.481 e. The summed E-state index contributed by atoms with van der Waals surface area (Å²) >= 11 is 0. The number of carbonyl (C=O) groups is 3. The van der Waals surface area contributed by atoms with Crippen LogP contribution in [0.15, 0.2) is 12.7 Å². The van der Waals surface area contributed by atoms with E-state index in [1.807, 2.05) is 20.8 Å². The Hall–Kier alpha value is -1.93. The number of carboxylic acid groups (broad SMARTS) is 1. The summed E-state index contributed by atoms with van der Waals surface area (Å²) in [6.07, 6.45) is 2.05. The Labute approximate surface area is 165 Å². The van der Waals surface area contributed by atoms with Crippen LogP contribution in [0.25, 0.3) is 0 Å². The first-order valence-corrected chi connectivity index (χ1v) is 9.82. The van der Waals surface area contributed by atoms with Crippen LogP contribution in [-0.2, 0) is 19.1 Å². The zero-order valence-corrected chi connectivity index (χ0v) is 16.9. The number of carboxylic acids is 1. The summed E-state index contributed by atoms with van der Waals surface area (Å²) in [5, 5.41) is 19.4. The van der Waals surface area contributed by atoms with Gasteiger partial charge >= 0.3 is 5.97 Å². The lowest BCUT2D eigenvalue weighted by molar-refractivity contribution is -0.158. The summed E-state index contributed by atoms with van der Waals surface area (Å²) in [5.74, 6) is -3.86. The van der Waals surface area contributed by atoms with Gasteiger partial charge in [-0.05, 0) is 33.1 Å². The number of aliphatic hydroxyl groups is 1. The van der Waals surface area contributed by atoms with Gasteiger partial charge in [0.25, 0.3) is 0 Å². The van der Waals surface area contributed by atoms with Gasteiger partial charge in [0.15, 0.2) is 0 Å². The predicted octanol–water partition coefficient (Wildman–Crippen LogP) is 0.497. The first-order valence-electron chi connectivity index (χ1n) is 9.82. The van der Waals surface area contributed by atoms with E-state index in [-0.39, 0.29) is 31.0 Å². The number of nitrogens with zero attached hydrogens (tertiary/aromatic N) is 2. The molecule has 0 aromatic carbocycles. The molecular weight excluding hydrogens is 364 g/mol. The third-order valence-electron chi connectivity index (χ3n) is 6.89. The quantitative estimate of drug-likeness (QED) is 0.609. The van der Waals surface area contributed by atoms with Gasteiger partial charge in [-0.2, -0.15) is 0 Å². The number of amides is 2. The van der Waals surface area contributed by atoms with Crippen molar-refractivity contribution in [2.24, 2.45) is 17.8 Å². The van der Waals surface area contributed by atoms with Crippen molar-refractivity contribution in [2.45, 2.75) is 57.4 Å². The summed E-state index contributed by atoms with van der Waals surface area (Å²) < 4.78 is 6.35. The molecule has 3 aliphatic heterocycles. The third kappa shape index (κ3) is 2.54. The molecule has 2 amide bonds. The number of ether oxygens (including phenoxy) is 1. The number of β-amino-alcohol motifs (C(OH)–C–C–N with tert-alkyl or cyclic N) is 1. The van der Waals surface area contributed by atoms with E-state index in [9.17, 15) is 24.6 Å². The van der Waals surface area contributed by atoms with Crippen molar-refractivity contribution >= 4 is 17.8 Å². The van der Waals surface area contributed by atoms with E-state index in [2.05, 4.69) is 6.58 Å². The number of likely N-dealkylation sites (tertiary alicyclic amines) is 1. The number of carbonyl (C=O) groups excluding carboxylic acids is 2. The predicted molar refractivity (Wildman–Crippen MR) is 100 cm³/mol. The van der Waals surface area contributed by atoms with Crippen molar-refractivity contribution in [3.63, 3.8) is 0 Å². The van der Waals surface area contributed by atoms with Gasteiger partial charge in [0.1, 0.15) is 17.6 Å². The van der Waals surface area contributed by atoms with Crippen molar-refractivity contribution in [1.29, 1.82) is 0 Å². The molecule has 0 aromatic heterocycles. The van der Waals surface area contributed by atoms with E-state index in [0.717, 1.165) is 0 Å². The van der Waals surface area contributed by atoms with Crippen LogP contribution in [0, 0.1) is 17.8 Å². The van der Waals surface area contributed by atoms with Crippen molar-refractivity contribution in [2.75, 3.05) is 19.7 Å². The second-order valence-corrected chi connectivity index (χ2v) is 8.67. The number of fused-ring (bicyclic) bond motifs is 1. The molecule has 3 saturated heterocycles. The Bertz CT molecular complexity index is 709. The van der Waals surface area contributed by atoms with Crippen LogP contribution < -0.4 is 0 Å². The second-order valence-electron chi connectivity index (χ2n) is 8.67. The van der Waals surface area contributed by atoms with Gasteiger partial charge in [0, 0.05) is 19.1 Å². The van der Waals surface area contributed by atoms with Crippen LogP contribution in [0.3, 0.4) is 0 Å². The number of hydrogen-bond donors (Lipinski definition) is 2. The highest BCUT2D eigenvalue weighted by Gasteiger charge is 2.80. The SMILES string of the molecule is C=CCN(C(=O)C1N(CCO)C(=O)[C@@H]2[C@@H](C(=O)O)[C@]3(C)OC12CC3C)C(C)C. The maximum Gasteiger partial charge on any atom is 0.310 e. The normalized spacial score (nSPS) is 38.8. The molecule has 1 spiro atoms. The molecule has 3 heterocycles. The second kappa shape index (κ2) is 6.84. The van der Waals surface area contributed by atoms with E-state index >= 15 is 0 Å². The summed E-state index contributed by atoms with van der Waals surface area (Å²) in [4.78, 5) is 41.9. The summed E-state index contributed by atoms with van der Waals surface area (Å²) in [7, 11) is 0. The highest BCUT2D eigenvalue weighted by molar-refractivity contribution is 5.98. The maximum atomic E-state index is 13.6. The summed E-state index contributed by atoms with van der Waals surface area (Å²) in [6.45, 7) is 11.1. The van der Waals surface area contributed by atoms with E-state index in [0.29, 0.717) is 13.0 Å². The molecule has 2 bridgehead atoms. The molecule has 0 aliphatic carbocycles. The molecule has 8 heteroatoms. The van der Waals surface area contributed by atoms with Gasteiger partial charge in [0.2, 0.25) is 11.8 Å². The Morgan fingerprint density at radius 3 is 2.61 bits per heavy atom. The molecule has 0 aromatic rings. The van der Waals surface area contributed by atoms with Crippen LogP contribution >= 0.6 is 0 Å². The Balaban J connectivity index is 2.13. The smallest absolute Gasteiger partial charge is 0.310 e. The average molecular weight is 394 g/mol. The van der Waals surface area contributed by atoms with Crippen molar-refractivity contribution in [3.05, 3.63) is 12.7 Å². The fraction of sp³-hybridized carbons (Fsp3) is 0.750. The van der Waals surface area contributed by atoms with Crippen molar-refractivity contribution < 1.29 is 29.3 Å². The Kier molecular flexibility index (Phi) is 5.08. The fourth-order valence-electron chi connectivity index (χ4n) is 5.59. The van der Waals surface area contributed by atoms with Gasteiger partial charge in [-0.1, -0.05) is 13.0 Å².